The summed E-state index contributed by atoms with van der Waals surface area (Å²) in [6.45, 7) is 5.22. The van der Waals surface area contributed by atoms with Gasteiger partial charge in [-0.25, -0.2) is 19.2 Å². The Morgan fingerprint density at radius 2 is 1.78 bits per heavy atom. The Morgan fingerprint density at radius 1 is 1.00 bits per heavy atom. The second-order valence-electron chi connectivity index (χ2n) is 14.1. The molecule has 7 rings (SSSR count). The van der Waals surface area contributed by atoms with E-state index in [0.717, 1.165) is 63.1 Å². The molecule has 5 heterocycles. The van der Waals surface area contributed by atoms with E-state index in [1.54, 1.807) is 17.2 Å². The maximum Gasteiger partial charge on any atom is 0.320 e. The number of urea groups is 1. The number of rotatable bonds is 9. The zero-order valence-corrected chi connectivity index (χ0v) is 28.8. The molecular formula is C37H44FN9O4. The molecule has 2 atom stereocenters. The Hall–Kier alpha value is -5.11. The van der Waals surface area contributed by atoms with Crippen molar-refractivity contribution in [2.45, 2.75) is 62.9 Å². The van der Waals surface area contributed by atoms with Crippen molar-refractivity contribution < 1.29 is 23.6 Å². The molecule has 2 aromatic carbocycles. The van der Waals surface area contributed by atoms with Crippen molar-refractivity contribution in [3.63, 3.8) is 0 Å². The van der Waals surface area contributed by atoms with Gasteiger partial charge in [0.2, 0.25) is 11.8 Å². The van der Waals surface area contributed by atoms with Crippen LogP contribution >= 0.6 is 0 Å². The highest BCUT2D eigenvalue weighted by atomic mass is 19.1. The number of carbonyl (C=O) groups is 4. The predicted octanol–water partition coefficient (Wildman–Crippen LogP) is 3.69. The first-order chi connectivity index (χ1) is 24.6. The summed E-state index contributed by atoms with van der Waals surface area (Å²) in [6.07, 6.45) is 5.88. The van der Waals surface area contributed by atoms with E-state index < -0.39 is 23.5 Å². The summed E-state index contributed by atoms with van der Waals surface area (Å²) in [4.78, 5) is 65.9. The fourth-order valence-electron chi connectivity index (χ4n) is 7.82. The molecular weight excluding hydrogens is 653 g/mol. The summed E-state index contributed by atoms with van der Waals surface area (Å²) in [5.41, 5.74) is 8.91. The normalized spacial score (nSPS) is 22.0. The molecule has 0 radical (unpaired) electrons. The molecule has 3 aromatic rings. The van der Waals surface area contributed by atoms with Gasteiger partial charge in [-0.2, -0.15) is 0 Å². The number of hydrogen-bond donors (Lipinski definition) is 3. The third kappa shape index (κ3) is 7.51. The minimum atomic E-state index is -0.671. The average molecular weight is 698 g/mol. The van der Waals surface area contributed by atoms with Crippen LogP contribution < -0.4 is 21.3 Å². The van der Waals surface area contributed by atoms with E-state index in [1.807, 2.05) is 30.1 Å². The van der Waals surface area contributed by atoms with Crippen LogP contribution in [-0.2, 0) is 16.1 Å². The van der Waals surface area contributed by atoms with Crippen LogP contribution in [0, 0.1) is 5.82 Å². The molecule has 4 aliphatic rings. The topological polar surface area (TPSA) is 157 Å². The van der Waals surface area contributed by atoms with Crippen molar-refractivity contribution in [1.29, 1.82) is 0 Å². The lowest BCUT2D eigenvalue weighted by atomic mass is 9.88. The summed E-state index contributed by atoms with van der Waals surface area (Å²) in [5, 5.41) is 5.57. The van der Waals surface area contributed by atoms with Crippen molar-refractivity contribution in [1.82, 2.24) is 30.0 Å². The highest BCUT2D eigenvalue weighted by Crippen LogP contribution is 2.32. The molecule has 268 valence electrons. The van der Waals surface area contributed by atoms with Gasteiger partial charge in [-0.05, 0) is 80.4 Å². The molecule has 4 N–H and O–H groups in total. The second-order valence-corrected chi connectivity index (χ2v) is 14.1. The fourth-order valence-corrected chi connectivity index (χ4v) is 7.82. The van der Waals surface area contributed by atoms with Gasteiger partial charge in [-0.1, -0.05) is 24.3 Å². The Balaban J connectivity index is 0.950. The van der Waals surface area contributed by atoms with E-state index in [9.17, 15) is 19.2 Å². The number of piperidine rings is 3. The van der Waals surface area contributed by atoms with Gasteiger partial charge < -0.3 is 25.8 Å². The lowest BCUT2D eigenvalue weighted by molar-refractivity contribution is -0.134. The highest BCUT2D eigenvalue weighted by molar-refractivity contribution is 6.01. The largest absolute Gasteiger partial charge is 0.364 e. The van der Waals surface area contributed by atoms with E-state index >= 15 is 4.39 Å². The number of benzene rings is 2. The van der Waals surface area contributed by atoms with Crippen molar-refractivity contribution in [2.24, 2.45) is 5.73 Å². The second kappa shape index (κ2) is 14.6. The van der Waals surface area contributed by atoms with Crippen LogP contribution in [-0.4, -0.2) is 101 Å². The summed E-state index contributed by atoms with van der Waals surface area (Å²) < 4.78 is 15.0. The van der Waals surface area contributed by atoms with E-state index in [0.29, 0.717) is 49.2 Å². The molecule has 0 spiro atoms. The molecule has 4 aliphatic heterocycles. The van der Waals surface area contributed by atoms with Crippen LogP contribution in [0.1, 0.15) is 77.5 Å². The average Bonchev–Trinajstić information content (AvgIpc) is 3.46. The number of carbonyl (C=O) groups excluding carboxylic acids is 4. The SMILES string of the molecule is CN1CCN([C@@H]2CCCN(c3cnc(C(N)=O)c(Nc4ccc(C5CCN(Cc6ccc(C7CCC(=O)NC7=O)c(F)c6)CC5)cc4)n3)C2)C1=O. The highest BCUT2D eigenvalue weighted by Gasteiger charge is 2.35. The molecule has 0 saturated carbocycles. The number of primary amides is 1. The number of halogens is 1. The number of likely N-dealkylation sites (N-methyl/N-ethyl adjacent to an activating group) is 1. The number of nitrogens with one attached hydrogen (secondary N) is 2. The number of nitrogens with zero attached hydrogens (tertiary/aromatic N) is 6. The van der Waals surface area contributed by atoms with E-state index in [1.165, 1.54) is 11.6 Å². The molecule has 4 fully saturated rings. The van der Waals surface area contributed by atoms with Crippen molar-refractivity contribution in [2.75, 3.05) is 56.5 Å². The van der Waals surface area contributed by atoms with Crippen molar-refractivity contribution in [3.8, 4) is 0 Å². The summed E-state index contributed by atoms with van der Waals surface area (Å²) in [7, 11) is 1.83. The molecule has 4 saturated heterocycles. The summed E-state index contributed by atoms with van der Waals surface area (Å²) in [6, 6.07) is 13.3. The van der Waals surface area contributed by atoms with Crippen LogP contribution in [0.4, 0.5) is 26.5 Å². The summed E-state index contributed by atoms with van der Waals surface area (Å²) >= 11 is 0. The molecule has 51 heavy (non-hydrogen) atoms. The van der Waals surface area contributed by atoms with Crippen molar-refractivity contribution in [3.05, 3.63) is 76.9 Å². The third-order valence-electron chi connectivity index (χ3n) is 10.7. The molecule has 1 unspecified atom stereocenters. The summed E-state index contributed by atoms with van der Waals surface area (Å²) in [5.74, 6) is -1.17. The number of anilines is 3. The van der Waals surface area contributed by atoms with Gasteiger partial charge in [0.05, 0.1) is 18.2 Å². The van der Waals surface area contributed by atoms with Gasteiger partial charge in [-0.3, -0.25) is 24.6 Å². The zero-order chi connectivity index (χ0) is 35.6. The monoisotopic (exact) mass is 697 g/mol. The maximum atomic E-state index is 15.0. The first kappa shape index (κ1) is 34.3. The lowest BCUT2D eigenvalue weighted by Gasteiger charge is -2.37. The van der Waals surface area contributed by atoms with Crippen LogP contribution in [0.15, 0.2) is 48.7 Å². The Bertz CT molecular complexity index is 1810. The molecule has 1 aromatic heterocycles. The van der Waals surface area contributed by atoms with Gasteiger partial charge in [-0.15, -0.1) is 0 Å². The first-order valence-corrected chi connectivity index (χ1v) is 17.8. The molecule has 13 nitrogen and oxygen atoms in total. The predicted molar refractivity (Wildman–Crippen MR) is 189 cm³/mol. The Morgan fingerprint density at radius 3 is 2.47 bits per heavy atom. The quantitative estimate of drug-likeness (QED) is 0.284. The zero-order valence-electron chi connectivity index (χ0n) is 28.8. The number of imide groups is 1. The maximum absolute atomic E-state index is 15.0. The molecule has 14 heteroatoms. The van der Waals surface area contributed by atoms with Crippen LogP contribution in [0.2, 0.25) is 0 Å². The number of amides is 5. The third-order valence-corrected chi connectivity index (χ3v) is 10.7. The molecule has 0 bridgehead atoms. The standard InChI is InChI=1S/C37H44FN9O4/c1-44-17-18-47(37(44)51)27-3-2-14-46(22-27)31-20-40-33(34(39)49)35(42-31)41-26-7-5-24(6-8-26)25-12-15-45(16-13-25)21-23-4-9-28(30(38)19-23)29-10-11-32(48)43-36(29)50/h4-9,19-20,25,27,29H,2-3,10-18,21-22H2,1H3,(H2,39,49)(H,41,42)(H,43,48,50)/t27-,29?/m1/s1. The Labute approximate surface area is 296 Å². The number of aromatic nitrogens is 2. The van der Waals surface area contributed by atoms with Gasteiger partial charge in [0, 0.05) is 57.4 Å². The molecule has 5 amide bonds. The van der Waals surface area contributed by atoms with Crippen LogP contribution in [0.5, 0.6) is 0 Å². The fraction of sp³-hybridized carbons (Fsp3) is 0.459. The number of nitrogens with two attached hydrogens (primary N) is 1. The van der Waals surface area contributed by atoms with E-state index in [2.05, 4.69) is 37.6 Å². The minimum absolute atomic E-state index is 0.0562. The number of hydrogen-bond acceptors (Lipinski definition) is 9. The smallest absolute Gasteiger partial charge is 0.320 e. The Kier molecular flexibility index (Phi) is 9.85. The van der Waals surface area contributed by atoms with Gasteiger partial charge in [0.25, 0.3) is 5.91 Å². The van der Waals surface area contributed by atoms with E-state index in [4.69, 9.17) is 10.7 Å². The van der Waals surface area contributed by atoms with Crippen LogP contribution in [0.3, 0.4) is 0 Å². The minimum Gasteiger partial charge on any atom is -0.364 e. The van der Waals surface area contributed by atoms with Gasteiger partial charge in [0.1, 0.15) is 11.6 Å². The first-order valence-electron chi connectivity index (χ1n) is 17.8. The van der Waals surface area contributed by atoms with E-state index in [-0.39, 0.29) is 30.1 Å². The molecule has 0 aliphatic carbocycles. The number of likely N-dealkylation sites (tertiary alicyclic amines) is 1. The van der Waals surface area contributed by atoms with Gasteiger partial charge >= 0.3 is 6.03 Å². The van der Waals surface area contributed by atoms with Crippen molar-refractivity contribution >= 4 is 41.1 Å². The van der Waals surface area contributed by atoms with Crippen LogP contribution in [0.25, 0.3) is 0 Å². The van der Waals surface area contributed by atoms with Gasteiger partial charge in [0.15, 0.2) is 11.5 Å². The lowest BCUT2D eigenvalue weighted by Crippen LogP contribution is -2.49.